The van der Waals surface area contributed by atoms with Gasteiger partial charge in [0.1, 0.15) is 0 Å². The first-order chi connectivity index (χ1) is 14.9. The van der Waals surface area contributed by atoms with Crippen molar-refractivity contribution in [1.82, 2.24) is 14.8 Å². The number of hydrogen-bond acceptors (Lipinski definition) is 5. The van der Waals surface area contributed by atoms with Gasteiger partial charge in [-0.1, -0.05) is 18.2 Å². The summed E-state index contributed by atoms with van der Waals surface area (Å²) >= 11 is 0. The molecular weight excluding hydrogens is 392 g/mol. The van der Waals surface area contributed by atoms with E-state index < -0.39 is 5.97 Å². The van der Waals surface area contributed by atoms with Gasteiger partial charge in [0.25, 0.3) is 5.91 Å². The molecule has 0 unspecified atom stereocenters. The Balaban J connectivity index is 1.58. The van der Waals surface area contributed by atoms with Crippen LogP contribution in [0.4, 0.5) is 5.69 Å². The van der Waals surface area contributed by atoms with Crippen LogP contribution >= 0.6 is 0 Å². The van der Waals surface area contributed by atoms with E-state index in [1.165, 1.54) is 0 Å². The van der Waals surface area contributed by atoms with E-state index in [9.17, 15) is 9.59 Å². The standard InChI is InChI=1S/C24H28N4O3/c1-15(2)27(18-8-6-5-7-9-18)22(29)14-31-24(30)19-12-21(17-10-11-17)26-23-20(19)13-25-28(23)16(3)4/h5-9,12-13,15-17H,10-11,14H2,1-4H3. The molecule has 1 amide bonds. The third-order valence-corrected chi connectivity index (χ3v) is 5.44. The van der Waals surface area contributed by atoms with Crippen LogP contribution in [0.2, 0.25) is 0 Å². The average molecular weight is 421 g/mol. The van der Waals surface area contributed by atoms with Crippen LogP contribution in [0.1, 0.15) is 68.5 Å². The van der Waals surface area contributed by atoms with Crippen LogP contribution < -0.4 is 4.90 Å². The Labute approximate surface area is 182 Å². The van der Waals surface area contributed by atoms with E-state index in [1.54, 1.807) is 17.2 Å². The maximum Gasteiger partial charge on any atom is 0.339 e. The van der Waals surface area contributed by atoms with Crippen LogP contribution in [0, 0.1) is 0 Å². The fourth-order valence-corrected chi connectivity index (χ4v) is 3.77. The lowest BCUT2D eigenvalue weighted by atomic mass is 10.1. The van der Waals surface area contributed by atoms with Gasteiger partial charge in [0.2, 0.25) is 0 Å². The summed E-state index contributed by atoms with van der Waals surface area (Å²) in [6.07, 6.45) is 3.80. The van der Waals surface area contributed by atoms with E-state index in [1.807, 2.05) is 62.7 Å². The molecule has 4 rings (SSSR count). The monoisotopic (exact) mass is 420 g/mol. The summed E-state index contributed by atoms with van der Waals surface area (Å²) in [5.41, 5.74) is 2.77. The molecule has 7 nitrogen and oxygen atoms in total. The van der Waals surface area contributed by atoms with Gasteiger partial charge in [0, 0.05) is 29.4 Å². The summed E-state index contributed by atoms with van der Waals surface area (Å²) in [4.78, 5) is 32.3. The Morgan fingerprint density at radius 3 is 2.48 bits per heavy atom. The first-order valence-electron chi connectivity index (χ1n) is 10.8. The minimum atomic E-state index is -0.525. The second-order valence-electron chi connectivity index (χ2n) is 8.56. The molecule has 1 aliphatic carbocycles. The number of hydrogen-bond donors (Lipinski definition) is 0. The lowest BCUT2D eigenvalue weighted by Crippen LogP contribution is -2.39. The number of benzene rings is 1. The summed E-state index contributed by atoms with van der Waals surface area (Å²) in [7, 11) is 0. The number of rotatable bonds is 7. The van der Waals surface area contributed by atoms with Crippen LogP contribution in [0.3, 0.4) is 0 Å². The number of carbonyl (C=O) groups is 2. The first-order valence-corrected chi connectivity index (χ1v) is 10.8. The summed E-state index contributed by atoms with van der Waals surface area (Å²) in [5, 5.41) is 5.07. The Morgan fingerprint density at radius 1 is 1.16 bits per heavy atom. The van der Waals surface area contributed by atoms with Gasteiger partial charge in [-0.25, -0.2) is 14.5 Å². The smallest absolute Gasteiger partial charge is 0.339 e. The van der Waals surface area contributed by atoms with Gasteiger partial charge in [0.15, 0.2) is 12.3 Å². The van der Waals surface area contributed by atoms with E-state index in [2.05, 4.69) is 5.10 Å². The molecule has 0 bridgehead atoms. The first kappa shape index (κ1) is 21.0. The van der Waals surface area contributed by atoms with Crippen molar-refractivity contribution in [1.29, 1.82) is 0 Å². The predicted molar refractivity (Wildman–Crippen MR) is 119 cm³/mol. The molecule has 1 saturated carbocycles. The molecule has 2 aromatic heterocycles. The van der Waals surface area contributed by atoms with Crippen LogP contribution in [0.5, 0.6) is 0 Å². The molecule has 31 heavy (non-hydrogen) atoms. The minimum Gasteiger partial charge on any atom is -0.452 e. The van der Waals surface area contributed by atoms with E-state index in [-0.39, 0.29) is 24.6 Å². The number of pyridine rings is 1. The third kappa shape index (κ3) is 4.31. The topological polar surface area (TPSA) is 77.3 Å². The van der Waals surface area contributed by atoms with Crippen molar-refractivity contribution in [3.8, 4) is 0 Å². The van der Waals surface area contributed by atoms with Gasteiger partial charge < -0.3 is 9.64 Å². The quantitative estimate of drug-likeness (QED) is 0.527. The van der Waals surface area contributed by atoms with Gasteiger partial charge in [-0.3, -0.25) is 4.79 Å². The van der Waals surface area contributed by atoms with Crippen molar-refractivity contribution in [2.75, 3.05) is 11.5 Å². The number of para-hydroxylation sites is 1. The van der Waals surface area contributed by atoms with E-state index in [0.29, 0.717) is 22.5 Å². The van der Waals surface area contributed by atoms with Crippen LogP contribution in [0.25, 0.3) is 11.0 Å². The van der Waals surface area contributed by atoms with E-state index >= 15 is 0 Å². The molecular formula is C24H28N4O3. The molecule has 3 aromatic rings. The molecule has 0 aliphatic heterocycles. The highest BCUT2D eigenvalue weighted by atomic mass is 16.5. The molecule has 0 saturated heterocycles. The molecule has 0 spiro atoms. The molecule has 0 N–H and O–H groups in total. The van der Waals surface area contributed by atoms with Gasteiger partial charge in [-0.15, -0.1) is 0 Å². The number of nitrogens with zero attached hydrogens (tertiary/aromatic N) is 4. The van der Waals surface area contributed by atoms with Crippen molar-refractivity contribution in [3.63, 3.8) is 0 Å². The van der Waals surface area contributed by atoms with Gasteiger partial charge in [-0.05, 0) is 58.7 Å². The maximum absolute atomic E-state index is 13.0. The van der Waals surface area contributed by atoms with E-state index in [4.69, 9.17) is 9.72 Å². The van der Waals surface area contributed by atoms with Crippen molar-refractivity contribution >= 4 is 28.6 Å². The number of fused-ring (bicyclic) bond motifs is 1. The number of carbonyl (C=O) groups excluding carboxylic acids is 2. The number of ether oxygens (including phenoxy) is 1. The SMILES string of the molecule is CC(C)N(C(=O)COC(=O)c1cc(C2CC2)nc2c1cnn2C(C)C)c1ccccc1. The van der Waals surface area contributed by atoms with Gasteiger partial charge in [-0.2, -0.15) is 5.10 Å². The van der Waals surface area contributed by atoms with Gasteiger partial charge in [0.05, 0.1) is 17.1 Å². The fourth-order valence-electron chi connectivity index (χ4n) is 3.77. The Kier molecular flexibility index (Phi) is 5.76. The summed E-state index contributed by atoms with van der Waals surface area (Å²) in [6.45, 7) is 7.59. The highest BCUT2D eigenvalue weighted by Gasteiger charge is 2.29. The molecule has 2 heterocycles. The van der Waals surface area contributed by atoms with Crippen molar-refractivity contribution < 1.29 is 14.3 Å². The van der Waals surface area contributed by atoms with Crippen LogP contribution in [0.15, 0.2) is 42.6 Å². The summed E-state index contributed by atoms with van der Waals surface area (Å²) < 4.78 is 7.30. The van der Waals surface area contributed by atoms with Crippen molar-refractivity contribution in [3.05, 3.63) is 53.9 Å². The predicted octanol–water partition coefficient (Wildman–Crippen LogP) is 4.49. The average Bonchev–Trinajstić information content (AvgIpc) is 3.50. The Morgan fingerprint density at radius 2 is 1.87 bits per heavy atom. The number of amides is 1. The number of aromatic nitrogens is 3. The molecule has 1 aromatic carbocycles. The molecule has 0 atom stereocenters. The van der Waals surface area contributed by atoms with Crippen LogP contribution in [-0.2, 0) is 9.53 Å². The largest absolute Gasteiger partial charge is 0.452 e. The third-order valence-electron chi connectivity index (χ3n) is 5.44. The van der Waals surface area contributed by atoms with Crippen LogP contribution in [-0.4, -0.2) is 39.3 Å². The molecule has 0 radical (unpaired) electrons. The highest BCUT2D eigenvalue weighted by Crippen LogP contribution is 2.40. The lowest BCUT2D eigenvalue weighted by molar-refractivity contribution is -0.122. The zero-order valence-corrected chi connectivity index (χ0v) is 18.4. The Bertz CT molecular complexity index is 1100. The maximum atomic E-state index is 13.0. The zero-order valence-electron chi connectivity index (χ0n) is 18.4. The highest BCUT2D eigenvalue weighted by molar-refractivity contribution is 6.04. The molecule has 7 heteroatoms. The minimum absolute atomic E-state index is 0.0630. The van der Waals surface area contributed by atoms with Gasteiger partial charge >= 0.3 is 5.97 Å². The normalized spacial score (nSPS) is 13.7. The number of anilines is 1. The second kappa shape index (κ2) is 8.49. The Hall–Kier alpha value is -3.22. The summed E-state index contributed by atoms with van der Waals surface area (Å²) in [5.74, 6) is -0.412. The number of esters is 1. The molecule has 162 valence electrons. The lowest BCUT2D eigenvalue weighted by Gasteiger charge is -2.26. The van der Waals surface area contributed by atoms with Crippen molar-refractivity contribution in [2.45, 2.75) is 58.5 Å². The summed E-state index contributed by atoms with van der Waals surface area (Å²) in [6, 6.07) is 11.3. The van der Waals surface area contributed by atoms with E-state index in [0.717, 1.165) is 24.2 Å². The fraction of sp³-hybridized carbons (Fsp3) is 0.417. The van der Waals surface area contributed by atoms with Crippen molar-refractivity contribution in [2.24, 2.45) is 0 Å². The zero-order chi connectivity index (χ0) is 22.1. The molecule has 1 fully saturated rings. The molecule has 1 aliphatic rings. The second-order valence-corrected chi connectivity index (χ2v) is 8.56.